The van der Waals surface area contributed by atoms with Gasteiger partial charge in [-0.3, -0.25) is 14.4 Å². The number of rotatable bonds is 46. The van der Waals surface area contributed by atoms with Crippen molar-refractivity contribution in [1.82, 2.24) is 0 Å². The zero-order chi connectivity index (χ0) is 41.7. The van der Waals surface area contributed by atoms with Gasteiger partial charge in [-0.1, -0.05) is 246 Å². The molecule has 0 N–H and O–H groups in total. The summed E-state index contributed by atoms with van der Waals surface area (Å²) in [6.45, 7) is 8.99. The highest BCUT2D eigenvalue weighted by Crippen LogP contribution is 2.17. The first-order valence-corrected chi connectivity index (χ1v) is 25.4. The number of unbranched alkanes of at least 4 members (excludes halogenated alkanes) is 33. The Hall–Kier alpha value is -1.59. The van der Waals surface area contributed by atoms with Crippen LogP contribution in [0.5, 0.6) is 0 Å². The average molecular weight is 807 g/mol. The van der Waals surface area contributed by atoms with Crippen molar-refractivity contribution in [2.75, 3.05) is 13.2 Å². The Morgan fingerprint density at radius 1 is 0.333 bits per heavy atom. The van der Waals surface area contributed by atoms with Gasteiger partial charge in [0, 0.05) is 19.3 Å². The summed E-state index contributed by atoms with van der Waals surface area (Å²) < 4.78 is 16.7. The second-order valence-corrected chi connectivity index (χ2v) is 17.9. The quantitative estimate of drug-likeness (QED) is 0.0346. The molecule has 338 valence electrons. The average Bonchev–Trinajstić information content (AvgIpc) is 3.19. The summed E-state index contributed by atoms with van der Waals surface area (Å²) in [5, 5.41) is 0. The second-order valence-electron chi connectivity index (χ2n) is 17.9. The normalized spacial score (nSPS) is 11.9. The fourth-order valence-electron chi connectivity index (χ4n) is 7.69. The van der Waals surface area contributed by atoms with E-state index in [2.05, 4.69) is 27.7 Å². The molecular weight excluding hydrogens is 709 g/mol. The van der Waals surface area contributed by atoms with Crippen LogP contribution < -0.4 is 0 Å². The van der Waals surface area contributed by atoms with Gasteiger partial charge in [0.1, 0.15) is 13.2 Å². The van der Waals surface area contributed by atoms with Gasteiger partial charge in [0.15, 0.2) is 6.10 Å². The Bertz CT molecular complexity index is 857. The van der Waals surface area contributed by atoms with Crippen LogP contribution in [0.4, 0.5) is 0 Å². The van der Waals surface area contributed by atoms with E-state index in [0.29, 0.717) is 19.3 Å². The summed E-state index contributed by atoms with van der Waals surface area (Å²) in [6, 6.07) is 0. The van der Waals surface area contributed by atoms with Gasteiger partial charge in [-0.05, 0) is 25.2 Å². The van der Waals surface area contributed by atoms with Crippen LogP contribution in [0.15, 0.2) is 0 Å². The Balaban J connectivity index is 4.17. The van der Waals surface area contributed by atoms with Crippen LogP contribution in [0.1, 0.15) is 285 Å². The molecule has 0 unspecified atom stereocenters. The molecule has 0 bridgehead atoms. The van der Waals surface area contributed by atoms with E-state index in [1.54, 1.807) is 0 Å². The minimum atomic E-state index is -0.759. The number of esters is 3. The van der Waals surface area contributed by atoms with Gasteiger partial charge in [0.05, 0.1) is 0 Å². The molecule has 1 atom stereocenters. The SMILES string of the molecule is CCCCCCCCCCCCCCCCCCC(=O)OC[C@@H](COC(=O)CCCCCCCCCCCCCCCC(C)C)OC(=O)CCCCCCCCC. The van der Waals surface area contributed by atoms with E-state index in [1.165, 1.54) is 180 Å². The van der Waals surface area contributed by atoms with E-state index in [1.807, 2.05) is 0 Å². The molecule has 0 spiro atoms. The van der Waals surface area contributed by atoms with Gasteiger partial charge in [0.25, 0.3) is 0 Å². The molecule has 0 saturated heterocycles. The summed E-state index contributed by atoms with van der Waals surface area (Å²) >= 11 is 0. The smallest absolute Gasteiger partial charge is 0.306 e. The van der Waals surface area contributed by atoms with E-state index < -0.39 is 6.10 Å². The molecule has 0 aliphatic heterocycles. The Morgan fingerprint density at radius 2 is 0.579 bits per heavy atom. The lowest BCUT2D eigenvalue weighted by Crippen LogP contribution is -2.30. The topological polar surface area (TPSA) is 78.9 Å². The third-order valence-corrected chi connectivity index (χ3v) is 11.5. The highest BCUT2D eigenvalue weighted by atomic mass is 16.6. The van der Waals surface area contributed by atoms with Crippen molar-refractivity contribution in [1.29, 1.82) is 0 Å². The van der Waals surface area contributed by atoms with E-state index in [9.17, 15) is 14.4 Å². The van der Waals surface area contributed by atoms with Crippen molar-refractivity contribution < 1.29 is 28.6 Å². The highest BCUT2D eigenvalue weighted by molar-refractivity contribution is 5.71. The standard InChI is InChI=1S/C51H98O6/c1-5-7-9-11-13-14-15-16-17-18-21-24-27-31-34-38-42-49(52)55-45-48(57-51(54)44-40-36-29-12-10-8-6-2)46-56-50(53)43-39-35-32-28-25-22-19-20-23-26-30-33-37-41-47(3)4/h47-48H,5-46H2,1-4H3/t48-/m0/s1. The molecule has 0 heterocycles. The van der Waals surface area contributed by atoms with Crippen LogP contribution in [-0.2, 0) is 28.6 Å². The Labute approximate surface area is 355 Å². The highest BCUT2D eigenvalue weighted by Gasteiger charge is 2.19. The van der Waals surface area contributed by atoms with Crippen LogP contribution in [0.25, 0.3) is 0 Å². The van der Waals surface area contributed by atoms with Crippen LogP contribution in [0.3, 0.4) is 0 Å². The maximum absolute atomic E-state index is 12.7. The molecule has 0 saturated carbocycles. The number of ether oxygens (including phenoxy) is 3. The summed E-state index contributed by atoms with van der Waals surface area (Å²) in [7, 11) is 0. The van der Waals surface area contributed by atoms with Gasteiger partial charge in [-0.25, -0.2) is 0 Å². The van der Waals surface area contributed by atoms with Gasteiger partial charge < -0.3 is 14.2 Å². The molecule has 0 fully saturated rings. The molecule has 0 aromatic carbocycles. The number of carbonyl (C=O) groups is 3. The molecule has 0 rings (SSSR count). The fraction of sp³-hybridized carbons (Fsp3) is 0.941. The van der Waals surface area contributed by atoms with Crippen molar-refractivity contribution in [3.8, 4) is 0 Å². The third kappa shape index (κ3) is 45.3. The number of hydrogen-bond acceptors (Lipinski definition) is 6. The van der Waals surface area contributed by atoms with Crippen molar-refractivity contribution in [3.63, 3.8) is 0 Å². The van der Waals surface area contributed by atoms with E-state index in [0.717, 1.165) is 63.7 Å². The summed E-state index contributed by atoms with van der Waals surface area (Å²) in [5.41, 5.74) is 0. The van der Waals surface area contributed by atoms with Crippen molar-refractivity contribution in [2.45, 2.75) is 291 Å². The lowest BCUT2D eigenvalue weighted by Gasteiger charge is -2.18. The van der Waals surface area contributed by atoms with Crippen molar-refractivity contribution in [2.24, 2.45) is 5.92 Å². The number of carbonyl (C=O) groups excluding carboxylic acids is 3. The largest absolute Gasteiger partial charge is 0.462 e. The number of hydrogen-bond donors (Lipinski definition) is 0. The van der Waals surface area contributed by atoms with E-state index in [-0.39, 0.29) is 31.1 Å². The van der Waals surface area contributed by atoms with E-state index >= 15 is 0 Å². The maximum atomic E-state index is 12.7. The maximum Gasteiger partial charge on any atom is 0.306 e. The van der Waals surface area contributed by atoms with Crippen LogP contribution in [-0.4, -0.2) is 37.2 Å². The molecule has 57 heavy (non-hydrogen) atoms. The predicted molar refractivity (Wildman–Crippen MR) is 243 cm³/mol. The molecule has 0 aliphatic rings. The monoisotopic (exact) mass is 807 g/mol. The minimum Gasteiger partial charge on any atom is -0.462 e. The predicted octanol–water partition coefficient (Wildman–Crippen LogP) is 16.3. The molecule has 0 aliphatic carbocycles. The van der Waals surface area contributed by atoms with Crippen molar-refractivity contribution in [3.05, 3.63) is 0 Å². The molecule has 6 heteroatoms. The Morgan fingerprint density at radius 3 is 0.860 bits per heavy atom. The van der Waals surface area contributed by atoms with E-state index in [4.69, 9.17) is 14.2 Å². The van der Waals surface area contributed by atoms with Crippen LogP contribution >= 0.6 is 0 Å². The third-order valence-electron chi connectivity index (χ3n) is 11.5. The first kappa shape index (κ1) is 55.4. The first-order chi connectivity index (χ1) is 27.9. The lowest BCUT2D eigenvalue weighted by atomic mass is 10.0. The van der Waals surface area contributed by atoms with Gasteiger partial charge in [-0.15, -0.1) is 0 Å². The molecule has 0 aromatic heterocycles. The second kappa shape index (κ2) is 45.5. The molecule has 0 aromatic rings. The van der Waals surface area contributed by atoms with Gasteiger partial charge in [-0.2, -0.15) is 0 Å². The molecule has 6 nitrogen and oxygen atoms in total. The van der Waals surface area contributed by atoms with Crippen molar-refractivity contribution >= 4 is 17.9 Å². The molecule has 0 amide bonds. The molecule has 0 radical (unpaired) electrons. The molecular formula is C51H98O6. The van der Waals surface area contributed by atoms with Crippen LogP contribution in [0, 0.1) is 5.92 Å². The zero-order valence-electron chi connectivity index (χ0n) is 38.8. The van der Waals surface area contributed by atoms with Crippen LogP contribution in [0.2, 0.25) is 0 Å². The summed E-state index contributed by atoms with van der Waals surface area (Å²) in [5.74, 6) is -0.0129. The summed E-state index contributed by atoms with van der Waals surface area (Å²) in [6.07, 6.45) is 46.7. The minimum absolute atomic E-state index is 0.0635. The zero-order valence-corrected chi connectivity index (χ0v) is 38.8. The first-order valence-electron chi connectivity index (χ1n) is 25.4. The summed E-state index contributed by atoms with van der Waals surface area (Å²) in [4.78, 5) is 37.7. The fourth-order valence-corrected chi connectivity index (χ4v) is 7.69. The lowest BCUT2D eigenvalue weighted by molar-refractivity contribution is -0.167. The van der Waals surface area contributed by atoms with Gasteiger partial charge >= 0.3 is 17.9 Å². The van der Waals surface area contributed by atoms with Gasteiger partial charge in [0.2, 0.25) is 0 Å². The Kier molecular flexibility index (Phi) is 44.2.